The van der Waals surface area contributed by atoms with Gasteiger partial charge in [0, 0.05) is 25.0 Å². The van der Waals surface area contributed by atoms with Crippen molar-refractivity contribution >= 4 is 11.6 Å². The summed E-state index contributed by atoms with van der Waals surface area (Å²) in [5.41, 5.74) is 1.48. The Hall–Kier alpha value is -1.52. The van der Waals surface area contributed by atoms with Crippen LogP contribution in [0.4, 0.5) is 0 Å². The minimum atomic E-state index is -0.800. The van der Waals surface area contributed by atoms with Crippen molar-refractivity contribution in [1.82, 2.24) is 0 Å². The summed E-state index contributed by atoms with van der Waals surface area (Å²) < 4.78 is 11.3. The molecule has 0 aliphatic heterocycles. The van der Waals surface area contributed by atoms with Gasteiger partial charge in [-0.3, -0.25) is 9.59 Å². The van der Waals surface area contributed by atoms with Crippen LogP contribution in [-0.4, -0.2) is 38.0 Å². The summed E-state index contributed by atoms with van der Waals surface area (Å²) in [6.45, 7) is 6.76. The second kappa shape index (κ2) is 6.50. The zero-order valence-electron chi connectivity index (χ0n) is 17.7. The van der Waals surface area contributed by atoms with E-state index in [1.807, 2.05) is 6.08 Å². The summed E-state index contributed by atoms with van der Waals surface area (Å²) in [4.78, 5) is 25.1. The molecular formula is C24H32O4. The molecule has 0 aromatic carbocycles. The summed E-state index contributed by atoms with van der Waals surface area (Å²) in [5.74, 6) is 1.14. The van der Waals surface area contributed by atoms with E-state index >= 15 is 0 Å². The van der Waals surface area contributed by atoms with Gasteiger partial charge in [0.2, 0.25) is 0 Å². The van der Waals surface area contributed by atoms with Crippen LogP contribution in [0.1, 0.15) is 46.5 Å². The first kappa shape index (κ1) is 19.8. The smallest absolute Gasteiger partial charge is 0.190 e. The molecule has 152 valence electrons. The lowest BCUT2D eigenvalue weighted by Crippen LogP contribution is -2.58. The average molecular weight is 385 g/mol. The highest BCUT2D eigenvalue weighted by molar-refractivity contribution is 6.01. The molecule has 4 nitrogen and oxygen atoms in total. The van der Waals surface area contributed by atoms with Crippen molar-refractivity contribution in [2.24, 2.45) is 28.6 Å². The molecule has 0 spiro atoms. The molecule has 28 heavy (non-hydrogen) atoms. The topological polar surface area (TPSA) is 52.6 Å². The fourth-order valence-corrected chi connectivity index (χ4v) is 7.23. The van der Waals surface area contributed by atoms with Crippen LogP contribution in [0, 0.1) is 28.6 Å². The molecule has 0 bridgehead atoms. The number of Topliss-reactive ketones (excluding diaryl/α,β-unsaturated/α-hetero) is 1. The highest BCUT2D eigenvalue weighted by atomic mass is 16.5. The summed E-state index contributed by atoms with van der Waals surface area (Å²) in [6.07, 6.45) is 11.8. The van der Waals surface area contributed by atoms with Crippen LogP contribution in [0.25, 0.3) is 0 Å². The van der Waals surface area contributed by atoms with E-state index in [-0.39, 0.29) is 34.9 Å². The minimum absolute atomic E-state index is 0.0672. The van der Waals surface area contributed by atoms with Gasteiger partial charge in [-0.2, -0.15) is 0 Å². The molecular weight excluding hydrogens is 352 g/mol. The van der Waals surface area contributed by atoms with Gasteiger partial charge >= 0.3 is 0 Å². The van der Waals surface area contributed by atoms with Crippen LogP contribution in [0.2, 0.25) is 0 Å². The number of allylic oxidation sites excluding steroid dienone is 6. The van der Waals surface area contributed by atoms with E-state index in [9.17, 15) is 9.59 Å². The van der Waals surface area contributed by atoms with Crippen molar-refractivity contribution < 1.29 is 19.1 Å². The second-order valence-electron chi connectivity index (χ2n) is 9.57. The number of ether oxygens (including phenoxy) is 2. The monoisotopic (exact) mass is 384 g/mol. The van der Waals surface area contributed by atoms with Gasteiger partial charge in [0.25, 0.3) is 0 Å². The zero-order valence-corrected chi connectivity index (χ0v) is 17.7. The van der Waals surface area contributed by atoms with Crippen molar-refractivity contribution in [2.75, 3.05) is 20.8 Å². The van der Waals surface area contributed by atoms with Gasteiger partial charge < -0.3 is 9.47 Å². The van der Waals surface area contributed by atoms with E-state index in [0.29, 0.717) is 11.8 Å². The number of carbonyl (C=O) groups is 2. The Bertz CT molecular complexity index is 805. The number of carbonyl (C=O) groups excluding carboxylic acids is 2. The largest absolute Gasteiger partial charge is 0.377 e. The Kier molecular flexibility index (Phi) is 4.59. The summed E-state index contributed by atoms with van der Waals surface area (Å²) in [7, 11) is 3.27. The highest BCUT2D eigenvalue weighted by Crippen LogP contribution is 2.67. The first-order valence-corrected chi connectivity index (χ1v) is 10.5. The predicted octanol–water partition coefficient (Wildman–Crippen LogP) is 4.06. The SMILES string of the molecule is COCC(=O)[C@@]1(OC)[C@H](C)CC2C3CCC4=CC(=O)C=C[C@]4(C)C3=CC[C@@]21C. The molecule has 0 N–H and O–H groups in total. The molecule has 2 fully saturated rings. The third-order valence-electron chi connectivity index (χ3n) is 8.50. The molecule has 0 aromatic heterocycles. The number of hydrogen-bond acceptors (Lipinski definition) is 4. The Morgan fingerprint density at radius 3 is 2.71 bits per heavy atom. The van der Waals surface area contributed by atoms with Crippen molar-refractivity contribution in [1.29, 1.82) is 0 Å². The summed E-state index contributed by atoms with van der Waals surface area (Å²) in [5, 5.41) is 0. The molecule has 2 saturated carbocycles. The molecule has 4 aliphatic carbocycles. The third kappa shape index (κ3) is 2.31. The van der Waals surface area contributed by atoms with Gasteiger partial charge in [0.15, 0.2) is 11.6 Å². The maximum Gasteiger partial charge on any atom is 0.190 e. The van der Waals surface area contributed by atoms with Crippen LogP contribution in [0.3, 0.4) is 0 Å². The Labute approximate surface area is 168 Å². The van der Waals surface area contributed by atoms with Crippen molar-refractivity contribution in [3.8, 4) is 0 Å². The molecule has 6 atom stereocenters. The molecule has 0 radical (unpaired) electrons. The molecule has 0 saturated heterocycles. The first-order chi connectivity index (χ1) is 13.2. The summed E-state index contributed by atoms with van der Waals surface area (Å²) in [6, 6.07) is 0. The molecule has 0 amide bonds. The quantitative estimate of drug-likeness (QED) is 0.686. The van der Waals surface area contributed by atoms with Gasteiger partial charge in [0.05, 0.1) is 0 Å². The lowest BCUT2D eigenvalue weighted by molar-refractivity contribution is -0.170. The Morgan fingerprint density at radius 2 is 2.04 bits per heavy atom. The normalized spacial score (nSPS) is 44.3. The molecule has 4 heteroatoms. The number of fused-ring (bicyclic) bond motifs is 5. The van der Waals surface area contributed by atoms with Crippen molar-refractivity contribution in [3.05, 3.63) is 35.5 Å². The van der Waals surface area contributed by atoms with E-state index in [0.717, 1.165) is 25.7 Å². The molecule has 4 rings (SSSR count). The van der Waals surface area contributed by atoms with Gasteiger partial charge in [-0.25, -0.2) is 0 Å². The molecule has 4 aliphatic rings. The van der Waals surface area contributed by atoms with Crippen LogP contribution in [-0.2, 0) is 19.1 Å². The zero-order chi connectivity index (χ0) is 20.3. The van der Waals surface area contributed by atoms with Crippen LogP contribution >= 0.6 is 0 Å². The standard InChI is InChI=1S/C24H32O4/c1-15-12-20-18-7-6-16-13-17(25)8-10-22(16,2)19(18)9-11-23(20,3)24(15,28-5)21(26)14-27-4/h8-10,13,15,18,20H,6-7,11-12,14H2,1-5H3/t15-,18?,20?,22+,23+,24+/m1/s1. The first-order valence-electron chi connectivity index (χ1n) is 10.5. The number of methoxy groups -OCH3 is 2. The predicted molar refractivity (Wildman–Crippen MR) is 108 cm³/mol. The number of ketones is 2. The van der Waals surface area contributed by atoms with Gasteiger partial charge in [0.1, 0.15) is 12.2 Å². The van der Waals surface area contributed by atoms with E-state index < -0.39 is 5.60 Å². The number of rotatable bonds is 4. The Morgan fingerprint density at radius 1 is 1.29 bits per heavy atom. The van der Waals surface area contributed by atoms with E-state index in [4.69, 9.17) is 9.47 Å². The van der Waals surface area contributed by atoms with Crippen molar-refractivity contribution in [2.45, 2.75) is 52.1 Å². The minimum Gasteiger partial charge on any atom is -0.377 e. The summed E-state index contributed by atoms with van der Waals surface area (Å²) >= 11 is 0. The van der Waals surface area contributed by atoms with E-state index in [2.05, 4.69) is 32.9 Å². The second-order valence-corrected chi connectivity index (χ2v) is 9.57. The van der Waals surface area contributed by atoms with Crippen LogP contribution in [0.5, 0.6) is 0 Å². The third-order valence-corrected chi connectivity index (χ3v) is 8.50. The lowest BCUT2D eigenvalue weighted by atomic mass is 9.51. The van der Waals surface area contributed by atoms with Gasteiger partial charge in [-0.1, -0.05) is 37.1 Å². The Balaban J connectivity index is 1.79. The van der Waals surface area contributed by atoms with E-state index in [1.54, 1.807) is 20.3 Å². The highest BCUT2D eigenvalue weighted by Gasteiger charge is 2.68. The molecule has 2 unspecified atom stereocenters. The number of hydrogen-bond donors (Lipinski definition) is 0. The fraction of sp³-hybridized carbons (Fsp3) is 0.667. The molecule has 0 heterocycles. The van der Waals surface area contributed by atoms with Crippen molar-refractivity contribution in [3.63, 3.8) is 0 Å². The van der Waals surface area contributed by atoms with Crippen LogP contribution in [0.15, 0.2) is 35.5 Å². The average Bonchev–Trinajstić information content (AvgIpc) is 2.89. The maximum absolute atomic E-state index is 13.2. The molecule has 0 aromatic rings. The van der Waals surface area contributed by atoms with Gasteiger partial charge in [-0.05, 0) is 62.5 Å². The van der Waals surface area contributed by atoms with Gasteiger partial charge in [-0.15, -0.1) is 0 Å². The lowest BCUT2D eigenvalue weighted by Gasteiger charge is -2.54. The van der Waals surface area contributed by atoms with E-state index in [1.165, 1.54) is 11.1 Å². The fourth-order valence-electron chi connectivity index (χ4n) is 7.23. The van der Waals surface area contributed by atoms with Crippen LogP contribution < -0.4 is 0 Å². The maximum atomic E-state index is 13.2.